The molecule has 6 heteroatoms. The zero-order valence-corrected chi connectivity index (χ0v) is 21.8. The van der Waals surface area contributed by atoms with Crippen molar-refractivity contribution in [3.8, 4) is 0 Å². The number of carbonyl (C=O) groups excluding carboxylic acids is 1. The van der Waals surface area contributed by atoms with Gasteiger partial charge in [0.05, 0.1) is 10.9 Å². The van der Waals surface area contributed by atoms with Crippen molar-refractivity contribution in [1.82, 2.24) is 5.32 Å². The van der Waals surface area contributed by atoms with Gasteiger partial charge in [0.2, 0.25) is 0 Å². The molecule has 0 spiro atoms. The fourth-order valence-corrected chi connectivity index (χ4v) is 5.22. The molecule has 180 valence electrons. The van der Waals surface area contributed by atoms with Crippen LogP contribution in [0.2, 0.25) is 0 Å². The number of hydrogen-bond donors (Lipinski definition) is 2. The highest BCUT2D eigenvalue weighted by Gasteiger charge is 2.21. The van der Waals surface area contributed by atoms with E-state index in [1.165, 1.54) is 11.6 Å². The maximum atomic E-state index is 13.1. The molecule has 0 saturated carbocycles. The van der Waals surface area contributed by atoms with Gasteiger partial charge in [0.25, 0.3) is 15.9 Å². The summed E-state index contributed by atoms with van der Waals surface area (Å²) in [5, 5.41) is 2.98. The van der Waals surface area contributed by atoms with E-state index in [2.05, 4.69) is 42.9 Å². The lowest BCUT2D eigenvalue weighted by Crippen LogP contribution is -2.27. The Kier molecular flexibility index (Phi) is 7.22. The van der Waals surface area contributed by atoms with E-state index in [-0.39, 0.29) is 22.3 Å². The van der Waals surface area contributed by atoms with Crippen molar-refractivity contribution in [3.63, 3.8) is 0 Å². The number of hydrogen-bond acceptors (Lipinski definition) is 3. The summed E-state index contributed by atoms with van der Waals surface area (Å²) in [5.74, 6) is -0.324. The summed E-state index contributed by atoms with van der Waals surface area (Å²) in [6.07, 6.45) is 0. The Hall–Kier alpha value is -3.12. The fourth-order valence-electron chi connectivity index (χ4n) is 3.91. The minimum Gasteiger partial charge on any atom is -0.346 e. The van der Waals surface area contributed by atoms with Crippen LogP contribution in [0, 0.1) is 20.8 Å². The summed E-state index contributed by atoms with van der Waals surface area (Å²) in [6.45, 7) is 13.9. The molecule has 0 aliphatic rings. The van der Waals surface area contributed by atoms with Gasteiger partial charge in [-0.3, -0.25) is 9.52 Å². The largest absolute Gasteiger partial charge is 0.346 e. The molecule has 3 aromatic rings. The molecule has 1 atom stereocenters. The zero-order valence-electron chi connectivity index (χ0n) is 21.0. The van der Waals surface area contributed by atoms with Crippen LogP contribution in [0.15, 0.2) is 65.6 Å². The number of benzene rings is 3. The molecule has 34 heavy (non-hydrogen) atoms. The molecule has 0 aliphatic heterocycles. The van der Waals surface area contributed by atoms with E-state index in [0.717, 1.165) is 16.7 Å². The third kappa shape index (κ3) is 6.06. The second-order valence-corrected chi connectivity index (χ2v) is 11.7. The van der Waals surface area contributed by atoms with Crippen molar-refractivity contribution in [1.29, 1.82) is 0 Å². The molecular formula is C28H34N2O3S. The van der Waals surface area contributed by atoms with Crippen LogP contribution in [0.4, 0.5) is 5.69 Å². The third-order valence-electron chi connectivity index (χ3n) is 5.84. The van der Waals surface area contributed by atoms with Crippen LogP contribution in [-0.2, 0) is 15.4 Å². The predicted molar refractivity (Wildman–Crippen MR) is 139 cm³/mol. The Balaban J connectivity index is 1.81. The fraction of sp³-hybridized carbons (Fsp3) is 0.321. The van der Waals surface area contributed by atoms with E-state index >= 15 is 0 Å². The van der Waals surface area contributed by atoms with Crippen molar-refractivity contribution < 1.29 is 13.2 Å². The Morgan fingerprint density at radius 3 is 2.00 bits per heavy atom. The molecule has 0 radical (unpaired) electrons. The predicted octanol–water partition coefficient (Wildman–Crippen LogP) is 6.20. The minimum absolute atomic E-state index is 0.0555. The Morgan fingerprint density at radius 2 is 1.44 bits per heavy atom. The van der Waals surface area contributed by atoms with Gasteiger partial charge in [-0.15, -0.1) is 0 Å². The van der Waals surface area contributed by atoms with E-state index in [1.807, 2.05) is 39.0 Å². The first-order valence-electron chi connectivity index (χ1n) is 11.4. The van der Waals surface area contributed by atoms with Crippen molar-refractivity contribution >= 4 is 21.6 Å². The Labute approximate surface area is 203 Å². The Morgan fingerprint density at radius 1 is 0.853 bits per heavy atom. The highest BCUT2D eigenvalue weighted by atomic mass is 32.2. The number of sulfonamides is 1. The molecule has 3 rings (SSSR count). The van der Waals surface area contributed by atoms with Gasteiger partial charge in [-0.1, -0.05) is 57.2 Å². The summed E-state index contributed by atoms with van der Waals surface area (Å²) in [4.78, 5) is 13.1. The number of amides is 1. The summed E-state index contributed by atoms with van der Waals surface area (Å²) in [7, 11) is -3.86. The molecule has 0 aliphatic carbocycles. The molecule has 0 aromatic heterocycles. The normalized spacial score (nSPS) is 12.8. The lowest BCUT2D eigenvalue weighted by molar-refractivity contribution is 0.0939. The van der Waals surface area contributed by atoms with Crippen LogP contribution in [0.3, 0.4) is 0 Å². The molecule has 3 aromatic carbocycles. The second kappa shape index (κ2) is 9.63. The van der Waals surface area contributed by atoms with Crippen LogP contribution in [0.5, 0.6) is 0 Å². The average Bonchev–Trinajstić information content (AvgIpc) is 2.72. The van der Waals surface area contributed by atoms with Gasteiger partial charge in [-0.25, -0.2) is 8.42 Å². The molecule has 5 nitrogen and oxygen atoms in total. The highest BCUT2D eigenvalue weighted by Crippen LogP contribution is 2.25. The summed E-state index contributed by atoms with van der Waals surface area (Å²) in [5.41, 5.74) is 5.55. The molecule has 0 bridgehead atoms. The van der Waals surface area contributed by atoms with Crippen LogP contribution >= 0.6 is 0 Å². The molecule has 0 unspecified atom stereocenters. The lowest BCUT2D eigenvalue weighted by atomic mass is 9.86. The first kappa shape index (κ1) is 25.5. The standard InChI is InChI=1S/C28H34N2O3S/c1-18-14-19(2)16-25(15-18)30-34(32,33)26-17-23(9-8-20(26)3)27(31)29-21(4)22-10-12-24(13-11-22)28(5,6)7/h8-17,21,30H,1-7H3,(H,29,31)/t21-/m1/s1. The first-order valence-corrected chi connectivity index (χ1v) is 12.9. The molecular weight excluding hydrogens is 444 g/mol. The SMILES string of the molecule is Cc1cc(C)cc(NS(=O)(=O)c2cc(C(=O)N[C@H](C)c3ccc(C(C)(C)C)cc3)ccc2C)c1. The van der Waals surface area contributed by atoms with Crippen molar-refractivity contribution in [2.24, 2.45) is 0 Å². The maximum Gasteiger partial charge on any atom is 0.262 e. The molecule has 1 amide bonds. The van der Waals surface area contributed by atoms with Crippen molar-refractivity contribution in [3.05, 3.63) is 94.0 Å². The first-order chi connectivity index (χ1) is 15.8. The molecule has 0 fully saturated rings. The van der Waals surface area contributed by atoms with E-state index < -0.39 is 10.0 Å². The highest BCUT2D eigenvalue weighted by molar-refractivity contribution is 7.92. The van der Waals surface area contributed by atoms with Crippen molar-refractivity contribution in [2.45, 2.75) is 64.8 Å². The summed E-state index contributed by atoms with van der Waals surface area (Å²) in [6, 6.07) is 18.2. The number of nitrogens with one attached hydrogen (secondary N) is 2. The number of anilines is 1. The summed E-state index contributed by atoms with van der Waals surface area (Å²) >= 11 is 0. The second-order valence-electron chi connectivity index (χ2n) is 10.0. The van der Waals surface area contributed by atoms with E-state index in [4.69, 9.17) is 0 Å². The Bertz CT molecular complexity index is 1280. The van der Waals surface area contributed by atoms with Gasteiger partial charge < -0.3 is 5.32 Å². The lowest BCUT2D eigenvalue weighted by Gasteiger charge is -2.21. The van der Waals surface area contributed by atoms with Crippen LogP contribution in [-0.4, -0.2) is 14.3 Å². The van der Waals surface area contributed by atoms with Gasteiger partial charge in [-0.2, -0.15) is 0 Å². The van der Waals surface area contributed by atoms with Crippen LogP contribution < -0.4 is 10.0 Å². The number of aryl methyl sites for hydroxylation is 3. The number of carbonyl (C=O) groups is 1. The third-order valence-corrected chi connectivity index (χ3v) is 7.36. The van der Waals surface area contributed by atoms with Gasteiger partial charge in [-0.05, 0) is 85.2 Å². The van der Waals surface area contributed by atoms with Gasteiger partial charge in [0, 0.05) is 11.3 Å². The zero-order chi connectivity index (χ0) is 25.3. The van der Waals surface area contributed by atoms with Crippen LogP contribution in [0.1, 0.15) is 71.9 Å². The molecule has 0 saturated heterocycles. The van der Waals surface area contributed by atoms with Gasteiger partial charge in [0.15, 0.2) is 0 Å². The van der Waals surface area contributed by atoms with E-state index in [9.17, 15) is 13.2 Å². The minimum atomic E-state index is -3.86. The van der Waals surface area contributed by atoms with Gasteiger partial charge in [0.1, 0.15) is 0 Å². The quantitative estimate of drug-likeness (QED) is 0.443. The van der Waals surface area contributed by atoms with Crippen LogP contribution in [0.25, 0.3) is 0 Å². The van der Waals surface area contributed by atoms with E-state index in [1.54, 1.807) is 31.2 Å². The van der Waals surface area contributed by atoms with Gasteiger partial charge >= 0.3 is 0 Å². The maximum absolute atomic E-state index is 13.1. The summed E-state index contributed by atoms with van der Waals surface area (Å²) < 4.78 is 28.9. The average molecular weight is 479 g/mol. The molecule has 2 N–H and O–H groups in total. The topological polar surface area (TPSA) is 75.3 Å². The monoisotopic (exact) mass is 478 g/mol. The van der Waals surface area contributed by atoms with Crippen molar-refractivity contribution in [2.75, 3.05) is 4.72 Å². The van der Waals surface area contributed by atoms with E-state index in [0.29, 0.717) is 16.8 Å². The molecule has 0 heterocycles. The number of rotatable bonds is 6. The smallest absolute Gasteiger partial charge is 0.262 e.